The summed E-state index contributed by atoms with van der Waals surface area (Å²) in [6, 6.07) is 0.152. The fraction of sp³-hybridized carbons (Fsp3) is 0.625. The molecule has 0 aromatic carbocycles. The molecule has 0 aliphatic carbocycles. The number of hydrogen-bond donors (Lipinski definition) is 2. The van der Waals surface area contributed by atoms with Crippen LogP contribution in [0.2, 0.25) is 0 Å². The van der Waals surface area contributed by atoms with Gasteiger partial charge in [-0.2, -0.15) is 0 Å². The van der Waals surface area contributed by atoms with Crippen LogP contribution in [0.25, 0.3) is 0 Å². The van der Waals surface area contributed by atoms with Crippen molar-refractivity contribution in [2.75, 3.05) is 18.9 Å². The van der Waals surface area contributed by atoms with Crippen molar-refractivity contribution in [1.82, 2.24) is 15.0 Å². The topological polar surface area (TPSA) is 109 Å². The zero-order valence-electron chi connectivity index (χ0n) is 8.22. The van der Waals surface area contributed by atoms with E-state index in [-0.39, 0.29) is 17.6 Å². The maximum Gasteiger partial charge on any atom is 0.273 e. The Morgan fingerprint density at radius 2 is 2.13 bits per heavy atom. The number of primary amides is 1. The number of nitrogens with zero attached hydrogens (tertiary/aromatic N) is 3. The normalized spacial score (nSPS) is 17.9. The third-order valence-corrected chi connectivity index (χ3v) is 2.50. The Morgan fingerprint density at radius 3 is 2.67 bits per heavy atom. The number of anilines is 1. The highest BCUT2D eigenvalue weighted by molar-refractivity contribution is 5.94. The third-order valence-electron chi connectivity index (χ3n) is 2.50. The van der Waals surface area contributed by atoms with Crippen molar-refractivity contribution in [3.63, 3.8) is 0 Å². The van der Waals surface area contributed by atoms with Crippen LogP contribution in [0.15, 0.2) is 0 Å². The molecule has 1 fully saturated rings. The molecule has 0 bridgehead atoms. The number of carbonyl (C=O) groups is 1. The van der Waals surface area contributed by atoms with E-state index in [9.17, 15) is 4.79 Å². The predicted molar refractivity (Wildman–Crippen MR) is 52.0 cm³/mol. The Hall–Kier alpha value is -1.63. The lowest BCUT2D eigenvalue weighted by molar-refractivity contribution is 0.0663. The fourth-order valence-corrected chi connectivity index (χ4v) is 1.68. The van der Waals surface area contributed by atoms with Gasteiger partial charge in [-0.3, -0.25) is 4.79 Å². The minimum Gasteiger partial charge on any atom is -0.382 e. The number of amides is 1. The molecule has 1 aromatic rings. The summed E-state index contributed by atoms with van der Waals surface area (Å²) in [5.41, 5.74) is 10.9. The average Bonchev–Trinajstić information content (AvgIpc) is 2.61. The third kappa shape index (κ3) is 1.78. The van der Waals surface area contributed by atoms with Crippen LogP contribution in [0.4, 0.5) is 5.82 Å². The number of ether oxygens (including phenoxy) is 1. The first-order chi connectivity index (χ1) is 7.20. The van der Waals surface area contributed by atoms with Gasteiger partial charge >= 0.3 is 0 Å². The van der Waals surface area contributed by atoms with E-state index in [0.29, 0.717) is 13.2 Å². The van der Waals surface area contributed by atoms with Crippen molar-refractivity contribution in [3.05, 3.63) is 5.69 Å². The smallest absolute Gasteiger partial charge is 0.273 e. The predicted octanol–water partition coefficient (Wildman–Crippen LogP) is -0.689. The molecule has 0 unspecified atom stereocenters. The van der Waals surface area contributed by atoms with Crippen LogP contribution >= 0.6 is 0 Å². The second-order valence-corrected chi connectivity index (χ2v) is 3.48. The molecule has 0 radical (unpaired) electrons. The van der Waals surface area contributed by atoms with E-state index in [4.69, 9.17) is 16.2 Å². The van der Waals surface area contributed by atoms with Crippen LogP contribution in [-0.4, -0.2) is 34.1 Å². The fourth-order valence-electron chi connectivity index (χ4n) is 1.68. The highest BCUT2D eigenvalue weighted by Crippen LogP contribution is 2.23. The van der Waals surface area contributed by atoms with E-state index < -0.39 is 5.91 Å². The van der Waals surface area contributed by atoms with Crippen LogP contribution < -0.4 is 11.5 Å². The summed E-state index contributed by atoms with van der Waals surface area (Å²) in [5.74, 6) is -0.403. The number of rotatable bonds is 2. The maximum absolute atomic E-state index is 10.9. The first-order valence-corrected chi connectivity index (χ1v) is 4.78. The molecule has 0 spiro atoms. The minimum absolute atomic E-state index is 0.0430. The summed E-state index contributed by atoms with van der Waals surface area (Å²) in [6.07, 6.45) is 1.65. The second kappa shape index (κ2) is 3.85. The van der Waals surface area contributed by atoms with Gasteiger partial charge in [0.15, 0.2) is 11.5 Å². The number of hydrogen-bond acceptors (Lipinski definition) is 5. The van der Waals surface area contributed by atoms with E-state index >= 15 is 0 Å². The number of aromatic nitrogens is 3. The van der Waals surface area contributed by atoms with Gasteiger partial charge in [0, 0.05) is 13.2 Å². The summed E-state index contributed by atoms with van der Waals surface area (Å²) < 4.78 is 6.78. The summed E-state index contributed by atoms with van der Waals surface area (Å²) in [7, 11) is 0. The van der Waals surface area contributed by atoms with Crippen LogP contribution in [0.1, 0.15) is 29.4 Å². The van der Waals surface area contributed by atoms with Gasteiger partial charge in [-0.15, -0.1) is 5.10 Å². The zero-order valence-corrected chi connectivity index (χ0v) is 8.22. The van der Waals surface area contributed by atoms with Crippen LogP contribution in [0.3, 0.4) is 0 Å². The van der Waals surface area contributed by atoms with Crippen LogP contribution in [0.5, 0.6) is 0 Å². The molecule has 7 nitrogen and oxygen atoms in total. The van der Waals surface area contributed by atoms with Gasteiger partial charge in [0.2, 0.25) is 0 Å². The molecule has 7 heteroatoms. The molecule has 4 N–H and O–H groups in total. The summed E-state index contributed by atoms with van der Waals surface area (Å²) in [5, 5.41) is 7.51. The highest BCUT2D eigenvalue weighted by atomic mass is 16.5. The Kier molecular flexibility index (Phi) is 2.55. The quantitative estimate of drug-likeness (QED) is 0.673. The van der Waals surface area contributed by atoms with Crippen molar-refractivity contribution >= 4 is 11.7 Å². The SMILES string of the molecule is NC(=O)c1nnn(C2CCOCC2)c1N. The molecule has 1 aliphatic heterocycles. The number of nitrogen functional groups attached to an aromatic ring is 1. The Balaban J connectivity index is 2.24. The van der Waals surface area contributed by atoms with Crippen molar-refractivity contribution < 1.29 is 9.53 Å². The molecule has 2 heterocycles. The van der Waals surface area contributed by atoms with Gasteiger partial charge in [-0.05, 0) is 12.8 Å². The van der Waals surface area contributed by atoms with Crippen molar-refractivity contribution in [3.8, 4) is 0 Å². The standard InChI is InChI=1S/C8H13N5O2/c9-7-6(8(10)14)11-12-13(7)5-1-3-15-4-2-5/h5H,1-4,9H2,(H2,10,14). The van der Waals surface area contributed by atoms with E-state index in [1.807, 2.05) is 0 Å². The highest BCUT2D eigenvalue weighted by Gasteiger charge is 2.22. The lowest BCUT2D eigenvalue weighted by atomic mass is 10.1. The first-order valence-electron chi connectivity index (χ1n) is 4.78. The Morgan fingerprint density at radius 1 is 1.47 bits per heavy atom. The lowest BCUT2D eigenvalue weighted by Gasteiger charge is -2.22. The molecule has 2 rings (SSSR count). The number of carbonyl (C=O) groups excluding carboxylic acids is 1. The van der Waals surface area contributed by atoms with Crippen molar-refractivity contribution in [1.29, 1.82) is 0 Å². The van der Waals surface area contributed by atoms with E-state index in [0.717, 1.165) is 12.8 Å². The molecule has 82 valence electrons. The largest absolute Gasteiger partial charge is 0.382 e. The van der Waals surface area contributed by atoms with Crippen LogP contribution in [0, 0.1) is 0 Å². The summed E-state index contributed by atoms with van der Waals surface area (Å²) >= 11 is 0. The molecule has 15 heavy (non-hydrogen) atoms. The van der Waals surface area contributed by atoms with Crippen molar-refractivity contribution in [2.45, 2.75) is 18.9 Å². The van der Waals surface area contributed by atoms with E-state index in [2.05, 4.69) is 10.3 Å². The van der Waals surface area contributed by atoms with Gasteiger partial charge in [-0.1, -0.05) is 5.21 Å². The molecule has 1 saturated heterocycles. The molecule has 0 saturated carbocycles. The average molecular weight is 211 g/mol. The van der Waals surface area contributed by atoms with E-state index in [1.54, 1.807) is 4.68 Å². The molecule has 1 aliphatic rings. The van der Waals surface area contributed by atoms with Crippen molar-refractivity contribution in [2.24, 2.45) is 5.73 Å². The summed E-state index contributed by atoms with van der Waals surface area (Å²) in [6.45, 7) is 1.35. The van der Waals surface area contributed by atoms with Crippen LogP contribution in [-0.2, 0) is 4.74 Å². The Bertz CT molecular complexity index is 369. The van der Waals surface area contributed by atoms with Gasteiger partial charge < -0.3 is 16.2 Å². The number of nitrogens with two attached hydrogens (primary N) is 2. The van der Waals surface area contributed by atoms with E-state index in [1.165, 1.54) is 0 Å². The van der Waals surface area contributed by atoms with Gasteiger partial charge in [0.05, 0.1) is 6.04 Å². The maximum atomic E-state index is 10.9. The zero-order chi connectivity index (χ0) is 10.8. The van der Waals surface area contributed by atoms with Gasteiger partial charge in [0.1, 0.15) is 0 Å². The first kappa shape index (κ1) is 9.91. The molecular weight excluding hydrogens is 198 g/mol. The molecule has 1 aromatic heterocycles. The summed E-state index contributed by atoms with van der Waals surface area (Å²) in [4.78, 5) is 10.9. The molecule has 1 amide bonds. The monoisotopic (exact) mass is 211 g/mol. The second-order valence-electron chi connectivity index (χ2n) is 3.48. The molecular formula is C8H13N5O2. The van der Waals surface area contributed by atoms with Gasteiger partial charge in [-0.25, -0.2) is 4.68 Å². The Labute approximate surface area is 86.4 Å². The van der Waals surface area contributed by atoms with Gasteiger partial charge in [0.25, 0.3) is 5.91 Å². The molecule has 0 atom stereocenters. The minimum atomic E-state index is -0.647. The lowest BCUT2D eigenvalue weighted by Crippen LogP contribution is -2.22.